The largest absolute Gasteiger partial charge is 0.454 e. The maximum absolute atomic E-state index is 12.0. The van der Waals surface area contributed by atoms with Gasteiger partial charge in [0.15, 0.2) is 11.5 Å². The number of urea groups is 1. The molecule has 0 unspecified atom stereocenters. The van der Waals surface area contributed by atoms with Crippen molar-refractivity contribution in [3.05, 3.63) is 23.8 Å². The fraction of sp³-hybridized carbons (Fsp3) is 0.462. The third kappa shape index (κ3) is 1.96. The first-order chi connectivity index (χ1) is 8.74. The Morgan fingerprint density at radius 1 is 1.22 bits per heavy atom. The second kappa shape index (κ2) is 4.40. The van der Waals surface area contributed by atoms with E-state index in [2.05, 4.69) is 0 Å². The summed E-state index contributed by atoms with van der Waals surface area (Å²) in [6.07, 6.45) is 1.02. The van der Waals surface area contributed by atoms with Crippen molar-refractivity contribution >= 4 is 6.03 Å². The Balaban J connectivity index is 1.74. The van der Waals surface area contributed by atoms with Crippen LogP contribution in [0.5, 0.6) is 11.5 Å². The molecule has 0 aromatic heterocycles. The minimum absolute atomic E-state index is 0.0962. The van der Waals surface area contributed by atoms with Crippen LogP contribution in [0.4, 0.5) is 4.79 Å². The van der Waals surface area contributed by atoms with Crippen LogP contribution in [0.25, 0.3) is 0 Å². The van der Waals surface area contributed by atoms with Crippen molar-refractivity contribution in [2.75, 3.05) is 26.9 Å². The van der Waals surface area contributed by atoms with Crippen LogP contribution < -0.4 is 9.47 Å². The Morgan fingerprint density at radius 2 is 2.06 bits per heavy atom. The number of ether oxygens (including phenoxy) is 2. The summed E-state index contributed by atoms with van der Waals surface area (Å²) in [5.41, 5.74) is 1.07. The number of carbonyl (C=O) groups is 1. The van der Waals surface area contributed by atoms with E-state index in [1.54, 1.807) is 4.90 Å². The zero-order chi connectivity index (χ0) is 12.5. The van der Waals surface area contributed by atoms with E-state index in [1.165, 1.54) is 0 Å². The van der Waals surface area contributed by atoms with Gasteiger partial charge in [0.2, 0.25) is 6.79 Å². The molecule has 0 radical (unpaired) electrons. The predicted molar refractivity (Wildman–Crippen MR) is 65.6 cm³/mol. The first-order valence-corrected chi connectivity index (χ1v) is 6.12. The van der Waals surface area contributed by atoms with Crippen molar-refractivity contribution in [2.45, 2.75) is 13.0 Å². The minimum atomic E-state index is 0.0962. The predicted octanol–water partition coefficient (Wildman–Crippen LogP) is 1.67. The normalized spacial score (nSPS) is 18.4. The fourth-order valence-electron chi connectivity index (χ4n) is 2.34. The smallest absolute Gasteiger partial charge is 0.320 e. The highest BCUT2D eigenvalue weighted by Gasteiger charge is 2.23. The van der Waals surface area contributed by atoms with Crippen LogP contribution in [-0.2, 0) is 6.54 Å². The zero-order valence-electron chi connectivity index (χ0n) is 10.4. The van der Waals surface area contributed by atoms with Crippen molar-refractivity contribution < 1.29 is 14.3 Å². The molecule has 0 aliphatic carbocycles. The number of rotatable bonds is 2. The van der Waals surface area contributed by atoms with Gasteiger partial charge < -0.3 is 19.3 Å². The molecule has 1 aromatic rings. The average Bonchev–Trinajstić information content (AvgIpc) is 2.82. The zero-order valence-corrected chi connectivity index (χ0v) is 10.4. The van der Waals surface area contributed by atoms with E-state index in [4.69, 9.17) is 9.47 Å². The van der Waals surface area contributed by atoms with Crippen LogP contribution in [0.15, 0.2) is 18.2 Å². The standard InChI is InChI=1S/C13H16N2O3/c1-14-5-2-6-15(13(14)16)8-10-3-4-11-12(7-10)18-9-17-11/h3-4,7H,2,5-6,8-9H2,1H3. The molecule has 0 atom stereocenters. The molecule has 1 saturated heterocycles. The molecule has 0 saturated carbocycles. The average molecular weight is 248 g/mol. The van der Waals surface area contributed by atoms with Gasteiger partial charge in [-0.3, -0.25) is 0 Å². The molecule has 96 valence electrons. The third-order valence-electron chi connectivity index (χ3n) is 3.33. The minimum Gasteiger partial charge on any atom is -0.454 e. The van der Waals surface area contributed by atoms with Gasteiger partial charge in [0.25, 0.3) is 0 Å². The van der Waals surface area contributed by atoms with E-state index in [0.29, 0.717) is 6.54 Å². The number of benzene rings is 1. The lowest BCUT2D eigenvalue weighted by Crippen LogP contribution is -2.46. The third-order valence-corrected chi connectivity index (χ3v) is 3.33. The molecule has 2 amide bonds. The Morgan fingerprint density at radius 3 is 2.94 bits per heavy atom. The van der Waals surface area contributed by atoms with Gasteiger partial charge in [0, 0.05) is 26.7 Å². The molecular formula is C13H16N2O3. The van der Waals surface area contributed by atoms with Gasteiger partial charge in [0.05, 0.1) is 0 Å². The monoisotopic (exact) mass is 248 g/mol. The van der Waals surface area contributed by atoms with Crippen molar-refractivity contribution in [3.8, 4) is 11.5 Å². The van der Waals surface area contributed by atoms with E-state index < -0.39 is 0 Å². The quantitative estimate of drug-likeness (QED) is 0.799. The summed E-state index contributed by atoms with van der Waals surface area (Å²) in [6, 6.07) is 5.93. The summed E-state index contributed by atoms with van der Waals surface area (Å²) in [5, 5.41) is 0. The van der Waals surface area contributed by atoms with Crippen molar-refractivity contribution in [2.24, 2.45) is 0 Å². The lowest BCUT2D eigenvalue weighted by atomic mass is 10.1. The fourth-order valence-corrected chi connectivity index (χ4v) is 2.34. The summed E-state index contributed by atoms with van der Waals surface area (Å²) in [6.45, 7) is 2.57. The number of hydrogen-bond acceptors (Lipinski definition) is 3. The van der Waals surface area contributed by atoms with Gasteiger partial charge in [-0.05, 0) is 24.1 Å². The van der Waals surface area contributed by atoms with Gasteiger partial charge in [-0.1, -0.05) is 6.07 Å². The highest BCUT2D eigenvalue weighted by atomic mass is 16.7. The van der Waals surface area contributed by atoms with Gasteiger partial charge in [0.1, 0.15) is 0 Å². The molecule has 18 heavy (non-hydrogen) atoms. The summed E-state index contributed by atoms with van der Waals surface area (Å²) in [7, 11) is 1.84. The van der Waals surface area contributed by atoms with Gasteiger partial charge >= 0.3 is 6.03 Å². The lowest BCUT2D eigenvalue weighted by Gasteiger charge is -2.33. The van der Waals surface area contributed by atoms with Crippen LogP contribution in [0.2, 0.25) is 0 Å². The molecule has 2 aliphatic rings. The van der Waals surface area contributed by atoms with Crippen LogP contribution in [0.3, 0.4) is 0 Å². The van der Waals surface area contributed by atoms with E-state index in [9.17, 15) is 4.79 Å². The van der Waals surface area contributed by atoms with E-state index in [1.807, 2.05) is 30.1 Å². The molecule has 0 bridgehead atoms. The van der Waals surface area contributed by atoms with Crippen molar-refractivity contribution in [1.82, 2.24) is 9.80 Å². The van der Waals surface area contributed by atoms with Crippen LogP contribution in [0, 0.1) is 0 Å². The summed E-state index contributed by atoms with van der Waals surface area (Å²) in [5.74, 6) is 1.55. The molecule has 0 N–H and O–H groups in total. The summed E-state index contributed by atoms with van der Waals surface area (Å²) < 4.78 is 10.6. The Hall–Kier alpha value is -1.91. The second-order valence-electron chi connectivity index (χ2n) is 4.67. The number of nitrogens with zero attached hydrogens (tertiary/aromatic N) is 2. The molecule has 5 nitrogen and oxygen atoms in total. The first-order valence-electron chi connectivity index (χ1n) is 6.12. The first kappa shape index (κ1) is 11.2. The van der Waals surface area contributed by atoms with Crippen molar-refractivity contribution in [3.63, 3.8) is 0 Å². The highest BCUT2D eigenvalue weighted by Crippen LogP contribution is 2.32. The maximum Gasteiger partial charge on any atom is 0.320 e. The molecule has 0 spiro atoms. The van der Waals surface area contributed by atoms with Crippen LogP contribution >= 0.6 is 0 Å². The molecule has 1 fully saturated rings. The molecule has 2 aliphatic heterocycles. The Bertz CT molecular complexity index is 475. The van der Waals surface area contributed by atoms with E-state index in [-0.39, 0.29) is 12.8 Å². The van der Waals surface area contributed by atoms with Crippen LogP contribution in [-0.4, -0.2) is 42.8 Å². The Labute approximate surface area is 106 Å². The van der Waals surface area contributed by atoms with Crippen molar-refractivity contribution in [1.29, 1.82) is 0 Å². The molecule has 5 heteroatoms. The highest BCUT2D eigenvalue weighted by molar-refractivity contribution is 5.74. The molecule has 3 rings (SSSR count). The second-order valence-corrected chi connectivity index (χ2v) is 4.67. The van der Waals surface area contributed by atoms with Gasteiger partial charge in [-0.15, -0.1) is 0 Å². The van der Waals surface area contributed by atoms with E-state index in [0.717, 1.165) is 36.6 Å². The molecule has 2 heterocycles. The maximum atomic E-state index is 12.0. The summed E-state index contributed by atoms with van der Waals surface area (Å²) in [4.78, 5) is 15.6. The Kier molecular flexibility index (Phi) is 2.74. The topological polar surface area (TPSA) is 42.0 Å². The lowest BCUT2D eigenvalue weighted by molar-refractivity contribution is 0.138. The molecule has 1 aromatic carbocycles. The number of amides is 2. The van der Waals surface area contributed by atoms with Gasteiger partial charge in [-0.2, -0.15) is 0 Å². The number of fused-ring (bicyclic) bond motifs is 1. The SMILES string of the molecule is CN1CCCN(Cc2ccc3c(c2)OCO3)C1=O. The van der Waals surface area contributed by atoms with Gasteiger partial charge in [-0.25, -0.2) is 4.79 Å². The number of hydrogen-bond donors (Lipinski definition) is 0. The summed E-state index contributed by atoms with van der Waals surface area (Å²) >= 11 is 0. The van der Waals surface area contributed by atoms with E-state index >= 15 is 0 Å². The van der Waals surface area contributed by atoms with Crippen LogP contribution in [0.1, 0.15) is 12.0 Å². The number of carbonyl (C=O) groups excluding carboxylic acids is 1. The molecular weight excluding hydrogens is 232 g/mol.